The molecule has 0 saturated carbocycles. The molecule has 2 heterocycles. The normalized spacial score (nSPS) is 12.4. The van der Waals surface area contributed by atoms with Crippen molar-refractivity contribution in [2.24, 2.45) is 5.84 Å². The molecule has 2 aromatic heterocycles. The van der Waals surface area contributed by atoms with Crippen molar-refractivity contribution in [3.05, 3.63) is 70.7 Å². The van der Waals surface area contributed by atoms with E-state index < -0.39 is 0 Å². The lowest BCUT2D eigenvalue weighted by Crippen LogP contribution is -2.29. The fraction of sp³-hybridized carbons (Fsp3) is 0.133. The summed E-state index contributed by atoms with van der Waals surface area (Å²) in [5.41, 5.74) is 5.01. The van der Waals surface area contributed by atoms with Crippen LogP contribution in [-0.2, 0) is 6.42 Å². The molecule has 0 bridgehead atoms. The minimum Gasteiger partial charge on any atom is -0.271 e. The van der Waals surface area contributed by atoms with Crippen LogP contribution in [0.3, 0.4) is 0 Å². The number of nitrogens with zero attached hydrogens (tertiary/aromatic N) is 2. The van der Waals surface area contributed by atoms with Crippen molar-refractivity contribution >= 4 is 11.3 Å². The van der Waals surface area contributed by atoms with Gasteiger partial charge in [0.25, 0.3) is 0 Å². The first-order valence-electron chi connectivity index (χ1n) is 6.45. The van der Waals surface area contributed by atoms with Gasteiger partial charge in [-0.15, -0.1) is 11.3 Å². The van der Waals surface area contributed by atoms with Crippen LogP contribution < -0.4 is 11.3 Å². The highest BCUT2D eigenvalue weighted by Crippen LogP contribution is 2.21. The summed E-state index contributed by atoms with van der Waals surface area (Å²) >= 11 is 1.74. The molecule has 3 aromatic rings. The Bertz CT molecular complexity index is 646. The molecule has 4 nitrogen and oxygen atoms in total. The van der Waals surface area contributed by atoms with E-state index in [1.807, 2.05) is 47.4 Å². The third-order valence-corrected chi connectivity index (χ3v) is 4.11. The average molecular weight is 284 g/mol. The van der Waals surface area contributed by atoms with Gasteiger partial charge in [-0.1, -0.05) is 24.3 Å². The molecule has 0 radical (unpaired) electrons. The first-order chi connectivity index (χ1) is 9.86. The van der Waals surface area contributed by atoms with Crippen LogP contribution in [0.25, 0.3) is 5.69 Å². The van der Waals surface area contributed by atoms with Crippen molar-refractivity contribution in [3.63, 3.8) is 0 Å². The van der Waals surface area contributed by atoms with Crippen LogP contribution in [0.4, 0.5) is 0 Å². The molecular weight excluding hydrogens is 268 g/mol. The second-order valence-corrected chi connectivity index (χ2v) is 5.59. The molecule has 1 aromatic carbocycles. The molecular formula is C15H16N4S. The number of nitrogens with one attached hydrogen (secondary N) is 1. The van der Waals surface area contributed by atoms with E-state index in [1.54, 1.807) is 11.3 Å². The van der Waals surface area contributed by atoms with Gasteiger partial charge >= 0.3 is 0 Å². The van der Waals surface area contributed by atoms with Crippen LogP contribution in [0.2, 0.25) is 0 Å². The molecule has 102 valence electrons. The summed E-state index contributed by atoms with van der Waals surface area (Å²) in [4.78, 5) is 1.31. The Hall–Kier alpha value is -1.95. The van der Waals surface area contributed by atoms with Gasteiger partial charge in [0.05, 0.1) is 17.9 Å². The standard InChI is InChI=1S/C15H16N4S/c16-18-15(9-14-7-4-8-20-14)12-10-17-19(11-12)13-5-2-1-3-6-13/h1-8,10-11,15,18H,9,16H2. The number of thiophene rings is 1. The summed E-state index contributed by atoms with van der Waals surface area (Å²) in [6.45, 7) is 0. The zero-order valence-electron chi connectivity index (χ0n) is 10.9. The van der Waals surface area contributed by atoms with E-state index in [1.165, 1.54) is 4.88 Å². The van der Waals surface area contributed by atoms with Crippen LogP contribution in [0.1, 0.15) is 16.5 Å². The quantitative estimate of drug-likeness (QED) is 0.559. The van der Waals surface area contributed by atoms with Crippen LogP contribution in [0.15, 0.2) is 60.2 Å². The first-order valence-corrected chi connectivity index (χ1v) is 7.33. The molecule has 3 rings (SSSR count). The van der Waals surface area contributed by atoms with Crippen molar-refractivity contribution in [2.75, 3.05) is 0 Å². The molecule has 5 heteroatoms. The second kappa shape index (κ2) is 6.00. The first kappa shape index (κ1) is 13.1. The zero-order chi connectivity index (χ0) is 13.8. The Labute approximate surface area is 121 Å². The maximum Gasteiger partial charge on any atom is 0.0645 e. The van der Waals surface area contributed by atoms with Crippen LogP contribution >= 0.6 is 11.3 Å². The second-order valence-electron chi connectivity index (χ2n) is 4.56. The minimum absolute atomic E-state index is 0.0751. The summed E-state index contributed by atoms with van der Waals surface area (Å²) in [5, 5.41) is 6.49. The number of hydrogen-bond donors (Lipinski definition) is 2. The van der Waals surface area contributed by atoms with Crippen LogP contribution in [0, 0.1) is 0 Å². The Kier molecular flexibility index (Phi) is 3.92. The Morgan fingerprint density at radius 1 is 1.20 bits per heavy atom. The van der Waals surface area contributed by atoms with E-state index in [0.717, 1.165) is 17.7 Å². The summed E-state index contributed by atoms with van der Waals surface area (Å²) in [6, 6.07) is 14.3. The summed E-state index contributed by atoms with van der Waals surface area (Å²) in [7, 11) is 0. The van der Waals surface area contributed by atoms with Gasteiger partial charge in [-0.2, -0.15) is 5.10 Å². The molecule has 1 unspecified atom stereocenters. The van der Waals surface area contributed by atoms with Gasteiger partial charge in [-0.05, 0) is 23.6 Å². The number of aromatic nitrogens is 2. The molecule has 0 amide bonds. The molecule has 0 saturated heterocycles. The SMILES string of the molecule is NNC(Cc1cccs1)c1cnn(-c2ccccc2)c1. The highest BCUT2D eigenvalue weighted by atomic mass is 32.1. The monoisotopic (exact) mass is 284 g/mol. The predicted octanol–water partition coefficient (Wildman–Crippen LogP) is 2.68. The van der Waals surface area contributed by atoms with Gasteiger partial charge in [-0.3, -0.25) is 11.3 Å². The lowest BCUT2D eigenvalue weighted by atomic mass is 10.1. The van der Waals surface area contributed by atoms with Crippen molar-refractivity contribution in [2.45, 2.75) is 12.5 Å². The summed E-state index contributed by atoms with van der Waals surface area (Å²) < 4.78 is 1.87. The van der Waals surface area contributed by atoms with Crippen molar-refractivity contribution in [1.82, 2.24) is 15.2 Å². The number of para-hydroxylation sites is 1. The fourth-order valence-electron chi connectivity index (χ4n) is 2.14. The Morgan fingerprint density at radius 2 is 2.05 bits per heavy atom. The summed E-state index contributed by atoms with van der Waals surface area (Å²) in [5.74, 6) is 5.69. The number of hydrazine groups is 1. The van der Waals surface area contributed by atoms with E-state index in [2.05, 4.69) is 28.0 Å². The molecule has 0 fully saturated rings. The molecule has 20 heavy (non-hydrogen) atoms. The molecule has 0 aliphatic heterocycles. The fourth-order valence-corrected chi connectivity index (χ4v) is 2.89. The van der Waals surface area contributed by atoms with Gasteiger partial charge in [0.2, 0.25) is 0 Å². The van der Waals surface area contributed by atoms with Gasteiger partial charge in [0.1, 0.15) is 0 Å². The molecule has 0 aliphatic carbocycles. The van der Waals surface area contributed by atoms with E-state index in [9.17, 15) is 0 Å². The molecule has 1 atom stereocenters. The lowest BCUT2D eigenvalue weighted by molar-refractivity contribution is 0.555. The minimum atomic E-state index is 0.0751. The third kappa shape index (κ3) is 2.80. The van der Waals surface area contributed by atoms with Crippen LogP contribution in [-0.4, -0.2) is 9.78 Å². The highest BCUT2D eigenvalue weighted by molar-refractivity contribution is 7.09. The van der Waals surface area contributed by atoms with Crippen LogP contribution in [0.5, 0.6) is 0 Å². The van der Waals surface area contributed by atoms with E-state index in [0.29, 0.717) is 0 Å². The smallest absolute Gasteiger partial charge is 0.0645 e. The third-order valence-electron chi connectivity index (χ3n) is 3.21. The predicted molar refractivity (Wildman–Crippen MR) is 81.7 cm³/mol. The molecule has 0 aliphatic rings. The van der Waals surface area contributed by atoms with Crippen molar-refractivity contribution < 1.29 is 0 Å². The Morgan fingerprint density at radius 3 is 2.75 bits per heavy atom. The van der Waals surface area contributed by atoms with E-state index in [4.69, 9.17) is 5.84 Å². The molecule has 0 spiro atoms. The van der Waals surface area contributed by atoms with Gasteiger partial charge in [0.15, 0.2) is 0 Å². The Balaban J connectivity index is 1.81. The van der Waals surface area contributed by atoms with Gasteiger partial charge in [0, 0.05) is 23.1 Å². The highest BCUT2D eigenvalue weighted by Gasteiger charge is 2.13. The lowest BCUT2D eigenvalue weighted by Gasteiger charge is -2.12. The van der Waals surface area contributed by atoms with Crippen molar-refractivity contribution in [1.29, 1.82) is 0 Å². The van der Waals surface area contributed by atoms with Gasteiger partial charge in [-0.25, -0.2) is 4.68 Å². The van der Waals surface area contributed by atoms with E-state index >= 15 is 0 Å². The maximum absolute atomic E-state index is 5.69. The van der Waals surface area contributed by atoms with Gasteiger partial charge < -0.3 is 0 Å². The molecule has 3 N–H and O–H groups in total. The maximum atomic E-state index is 5.69. The average Bonchev–Trinajstić information content (AvgIpc) is 3.17. The number of benzene rings is 1. The topological polar surface area (TPSA) is 55.9 Å². The number of nitrogens with two attached hydrogens (primary N) is 1. The largest absolute Gasteiger partial charge is 0.271 e. The summed E-state index contributed by atoms with van der Waals surface area (Å²) in [6.07, 6.45) is 4.76. The van der Waals surface area contributed by atoms with Crippen molar-refractivity contribution in [3.8, 4) is 5.69 Å². The number of hydrogen-bond acceptors (Lipinski definition) is 4. The zero-order valence-corrected chi connectivity index (χ0v) is 11.8. The number of rotatable bonds is 5. The van der Waals surface area contributed by atoms with E-state index in [-0.39, 0.29) is 6.04 Å².